The summed E-state index contributed by atoms with van der Waals surface area (Å²) >= 11 is 0. The highest BCUT2D eigenvalue weighted by atomic mass is 16.5. The lowest BCUT2D eigenvalue weighted by Crippen LogP contribution is -2.43. The van der Waals surface area contributed by atoms with Gasteiger partial charge in [-0.15, -0.1) is 0 Å². The number of ether oxygens (including phenoxy) is 1. The van der Waals surface area contributed by atoms with Gasteiger partial charge in [-0.05, 0) is 25.7 Å². The number of rotatable bonds is 6. The molecule has 1 amide bonds. The van der Waals surface area contributed by atoms with Gasteiger partial charge < -0.3 is 15.2 Å². The molecule has 1 rings (SSSR count). The molecule has 0 aromatic heterocycles. The number of carbonyl (C=O) groups is 1. The molecule has 0 spiro atoms. The van der Waals surface area contributed by atoms with Gasteiger partial charge in [0.15, 0.2) is 0 Å². The Balaban J connectivity index is 2.40. The minimum absolute atomic E-state index is 0.00569. The van der Waals surface area contributed by atoms with Crippen LogP contribution in [0.25, 0.3) is 0 Å². The molecule has 1 saturated heterocycles. The van der Waals surface area contributed by atoms with Crippen molar-refractivity contribution in [2.24, 2.45) is 11.3 Å². The Bertz CT molecular complexity index is 225. The Labute approximate surface area is 104 Å². The van der Waals surface area contributed by atoms with E-state index in [9.17, 15) is 9.90 Å². The van der Waals surface area contributed by atoms with Crippen LogP contribution in [-0.2, 0) is 9.53 Å². The zero-order valence-electron chi connectivity index (χ0n) is 11.0. The summed E-state index contributed by atoms with van der Waals surface area (Å²) in [5.41, 5.74) is -0.162. The van der Waals surface area contributed by atoms with Crippen molar-refractivity contribution in [1.82, 2.24) is 5.32 Å². The largest absolute Gasteiger partial charge is 0.396 e. The van der Waals surface area contributed by atoms with Crippen LogP contribution in [0.4, 0.5) is 0 Å². The predicted octanol–water partition coefficient (Wildman–Crippen LogP) is 1.33. The van der Waals surface area contributed by atoms with E-state index in [2.05, 4.69) is 19.2 Å². The molecule has 0 aromatic rings. The van der Waals surface area contributed by atoms with Crippen molar-refractivity contribution in [2.75, 3.05) is 26.4 Å². The second-order valence-electron chi connectivity index (χ2n) is 5.00. The Morgan fingerprint density at radius 1 is 1.47 bits per heavy atom. The van der Waals surface area contributed by atoms with Crippen LogP contribution in [0.1, 0.15) is 39.5 Å². The summed E-state index contributed by atoms with van der Waals surface area (Å²) in [5.74, 6) is 0.0679. The fraction of sp³-hybridized carbons (Fsp3) is 0.923. The van der Waals surface area contributed by atoms with Crippen LogP contribution in [-0.4, -0.2) is 37.4 Å². The summed E-state index contributed by atoms with van der Waals surface area (Å²) in [5, 5.41) is 12.4. The molecule has 1 heterocycles. The molecular formula is C13H25NO3. The fourth-order valence-corrected chi connectivity index (χ4v) is 2.15. The van der Waals surface area contributed by atoms with E-state index in [1.54, 1.807) is 0 Å². The molecule has 100 valence electrons. The lowest BCUT2D eigenvalue weighted by atomic mass is 9.83. The van der Waals surface area contributed by atoms with Gasteiger partial charge in [-0.25, -0.2) is 0 Å². The molecule has 0 bridgehead atoms. The molecule has 0 aromatic carbocycles. The fourth-order valence-electron chi connectivity index (χ4n) is 2.15. The summed E-state index contributed by atoms with van der Waals surface area (Å²) in [4.78, 5) is 11.9. The molecule has 17 heavy (non-hydrogen) atoms. The summed E-state index contributed by atoms with van der Waals surface area (Å²) < 4.78 is 5.30. The molecule has 1 atom stereocenters. The first-order chi connectivity index (χ1) is 8.17. The maximum atomic E-state index is 11.9. The molecule has 0 radical (unpaired) electrons. The van der Waals surface area contributed by atoms with Crippen molar-refractivity contribution in [1.29, 1.82) is 0 Å². The van der Waals surface area contributed by atoms with Crippen LogP contribution in [0.2, 0.25) is 0 Å². The number of hydrogen-bond donors (Lipinski definition) is 2. The molecule has 0 saturated carbocycles. The van der Waals surface area contributed by atoms with E-state index >= 15 is 0 Å². The van der Waals surface area contributed by atoms with Gasteiger partial charge in [-0.1, -0.05) is 13.8 Å². The average molecular weight is 243 g/mol. The highest BCUT2D eigenvalue weighted by Gasteiger charge is 2.28. The van der Waals surface area contributed by atoms with Crippen LogP contribution in [0.15, 0.2) is 0 Å². The van der Waals surface area contributed by atoms with Crippen LogP contribution < -0.4 is 5.32 Å². The number of amides is 1. The minimum atomic E-state index is -0.162. The van der Waals surface area contributed by atoms with E-state index in [0.29, 0.717) is 13.2 Å². The van der Waals surface area contributed by atoms with Crippen molar-refractivity contribution in [3.63, 3.8) is 0 Å². The van der Waals surface area contributed by atoms with Crippen molar-refractivity contribution in [3.05, 3.63) is 0 Å². The number of hydrogen-bond acceptors (Lipinski definition) is 3. The highest BCUT2D eigenvalue weighted by molar-refractivity contribution is 5.78. The van der Waals surface area contributed by atoms with E-state index in [1.165, 1.54) is 0 Å². The quantitative estimate of drug-likeness (QED) is 0.740. The topological polar surface area (TPSA) is 58.6 Å². The molecular weight excluding hydrogens is 218 g/mol. The average Bonchev–Trinajstić information content (AvgIpc) is 2.41. The second-order valence-corrected chi connectivity index (χ2v) is 5.00. The van der Waals surface area contributed by atoms with Crippen molar-refractivity contribution >= 4 is 5.91 Å². The van der Waals surface area contributed by atoms with Crippen molar-refractivity contribution in [2.45, 2.75) is 39.5 Å². The first-order valence-corrected chi connectivity index (χ1v) is 6.63. The third-order valence-corrected chi connectivity index (χ3v) is 4.00. The molecule has 4 nitrogen and oxygen atoms in total. The van der Waals surface area contributed by atoms with Crippen molar-refractivity contribution < 1.29 is 14.6 Å². The lowest BCUT2D eigenvalue weighted by molar-refractivity contribution is -0.129. The van der Waals surface area contributed by atoms with Gasteiger partial charge >= 0.3 is 0 Å². The summed E-state index contributed by atoms with van der Waals surface area (Å²) in [6.07, 6.45) is 3.63. The smallest absolute Gasteiger partial charge is 0.225 e. The van der Waals surface area contributed by atoms with Gasteiger partial charge in [0.1, 0.15) is 0 Å². The van der Waals surface area contributed by atoms with Crippen LogP contribution in [0.5, 0.6) is 0 Å². The highest BCUT2D eigenvalue weighted by Crippen LogP contribution is 2.24. The number of aliphatic hydroxyl groups excluding tert-OH is 1. The minimum Gasteiger partial charge on any atom is -0.396 e. The second kappa shape index (κ2) is 6.97. The van der Waals surface area contributed by atoms with Gasteiger partial charge in [0.25, 0.3) is 0 Å². The van der Waals surface area contributed by atoms with E-state index < -0.39 is 0 Å². The van der Waals surface area contributed by atoms with Gasteiger partial charge in [0.05, 0.1) is 19.1 Å². The summed E-state index contributed by atoms with van der Waals surface area (Å²) in [7, 11) is 0. The molecule has 1 fully saturated rings. The maximum Gasteiger partial charge on any atom is 0.225 e. The first-order valence-electron chi connectivity index (χ1n) is 6.63. The van der Waals surface area contributed by atoms with E-state index in [4.69, 9.17) is 4.74 Å². The van der Waals surface area contributed by atoms with Crippen LogP contribution in [0, 0.1) is 11.3 Å². The first kappa shape index (κ1) is 14.5. The monoisotopic (exact) mass is 243 g/mol. The molecule has 4 heteroatoms. The SMILES string of the molecule is CCC(CC)(CO)CNC(=O)C1CCCOC1. The predicted molar refractivity (Wildman–Crippen MR) is 66.7 cm³/mol. The van der Waals surface area contributed by atoms with Gasteiger partial charge in [-0.2, -0.15) is 0 Å². The number of aliphatic hydroxyl groups is 1. The molecule has 1 aliphatic heterocycles. The van der Waals surface area contributed by atoms with E-state index in [-0.39, 0.29) is 23.8 Å². The lowest BCUT2D eigenvalue weighted by Gasteiger charge is -2.31. The summed E-state index contributed by atoms with van der Waals surface area (Å²) in [6, 6.07) is 0. The normalized spacial score (nSPS) is 21.2. The molecule has 1 unspecified atom stereocenters. The molecule has 2 N–H and O–H groups in total. The van der Waals surface area contributed by atoms with E-state index in [0.717, 1.165) is 32.3 Å². The molecule has 1 aliphatic rings. The number of nitrogens with one attached hydrogen (secondary N) is 1. The third-order valence-electron chi connectivity index (χ3n) is 4.00. The maximum absolute atomic E-state index is 11.9. The zero-order chi connectivity index (χ0) is 12.7. The zero-order valence-corrected chi connectivity index (χ0v) is 11.0. The van der Waals surface area contributed by atoms with Gasteiger partial charge in [-0.3, -0.25) is 4.79 Å². The Hall–Kier alpha value is -0.610. The Kier molecular flexibility index (Phi) is 5.92. The standard InChI is InChI=1S/C13H25NO3/c1-3-13(4-2,10-15)9-14-12(16)11-6-5-7-17-8-11/h11,15H,3-10H2,1-2H3,(H,14,16). The third kappa shape index (κ3) is 3.96. The van der Waals surface area contributed by atoms with Crippen LogP contribution >= 0.6 is 0 Å². The molecule has 0 aliphatic carbocycles. The Morgan fingerprint density at radius 2 is 2.18 bits per heavy atom. The van der Waals surface area contributed by atoms with Crippen molar-refractivity contribution in [3.8, 4) is 0 Å². The van der Waals surface area contributed by atoms with Crippen LogP contribution in [0.3, 0.4) is 0 Å². The van der Waals surface area contributed by atoms with E-state index in [1.807, 2.05) is 0 Å². The van der Waals surface area contributed by atoms with Gasteiger partial charge in [0, 0.05) is 18.6 Å². The summed E-state index contributed by atoms with van der Waals surface area (Å²) in [6.45, 7) is 6.10. The number of carbonyl (C=O) groups excluding carboxylic acids is 1. The Morgan fingerprint density at radius 3 is 2.65 bits per heavy atom. The van der Waals surface area contributed by atoms with Gasteiger partial charge in [0.2, 0.25) is 5.91 Å².